The molecule has 0 spiro atoms. The standard InChI is InChI=1S/C20H16ClN5O2S/c1-2-26-19(28)14-8-3-4-9-15(14)23-20(26)25-24-17(27)16-11-29-18(22-16)12-6-5-7-13(21)10-12/h3-11H,2H2,1H3,(H,23,25)(H,24,27). The van der Waals surface area contributed by atoms with Crippen LogP contribution in [0.1, 0.15) is 17.4 Å². The summed E-state index contributed by atoms with van der Waals surface area (Å²) in [5.74, 6) is -0.172. The van der Waals surface area contributed by atoms with Gasteiger partial charge in [0.25, 0.3) is 11.5 Å². The summed E-state index contributed by atoms with van der Waals surface area (Å²) in [5, 5.41) is 3.47. The van der Waals surface area contributed by atoms with E-state index in [1.807, 2.05) is 19.1 Å². The summed E-state index contributed by atoms with van der Waals surface area (Å²) in [6.45, 7) is 2.24. The number of aromatic nitrogens is 3. The molecular formula is C20H16ClN5O2S. The van der Waals surface area contributed by atoms with Crippen LogP contribution in [-0.2, 0) is 6.54 Å². The molecule has 4 aromatic rings. The van der Waals surface area contributed by atoms with Crippen LogP contribution in [0.3, 0.4) is 0 Å². The number of anilines is 1. The normalized spacial score (nSPS) is 10.8. The highest BCUT2D eigenvalue weighted by Gasteiger charge is 2.14. The molecule has 7 nitrogen and oxygen atoms in total. The first-order chi connectivity index (χ1) is 14.1. The number of carbonyl (C=O) groups excluding carboxylic acids is 1. The Morgan fingerprint density at radius 3 is 2.79 bits per heavy atom. The van der Waals surface area contributed by atoms with Crippen molar-refractivity contribution in [3.63, 3.8) is 0 Å². The van der Waals surface area contributed by atoms with Crippen LogP contribution in [0.4, 0.5) is 5.95 Å². The van der Waals surface area contributed by atoms with Crippen LogP contribution in [0.15, 0.2) is 58.7 Å². The lowest BCUT2D eigenvalue weighted by Gasteiger charge is -2.13. The molecule has 4 rings (SSSR count). The second kappa shape index (κ2) is 8.02. The molecule has 0 unspecified atom stereocenters. The van der Waals surface area contributed by atoms with Gasteiger partial charge in [-0.3, -0.25) is 25.0 Å². The Morgan fingerprint density at radius 2 is 2.00 bits per heavy atom. The molecular weight excluding hydrogens is 410 g/mol. The van der Waals surface area contributed by atoms with Crippen LogP contribution in [0.25, 0.3) is 21.5 Å². The van der Waals surface area contributed by atoms with Crippen molar-refractivity contribution in [3.8, 4) is 10.6 Å². The molecule has 0 bridgehead atoms. The van der Waals surface area contributed by atoms with E-state index in [1.165, 1.54) is 15.9 Å². The Bertz CT molecular complexity index is 1270. The van der Waals surface area contributed by atoms with E-state index in [0.717, 1.165) is 5.56 Å². The molecule has 146 valence electrons. The number of hydrazine groups is 1. The highest BCUT2D eigenvalue weighted by atomic mass is 35.5. The first-order valence-electron chi connectivity index (χ1n) is 8.84. The Balaban J connectivity index is 1.55. The minimum absolute atomic E-state index is 0.174. The van der Waals surface area contributed by atoms with Gasteiger partial charge in [-0.1, -0.05) is 35.9 Å². The summed E-state index contributed by atoms with van der Waals surface area (Å²) in [7, 11) is 0. The van der Waals surface area contributed by atoms with Gasteiger partial charge in [-0.25, -0.2) is 9.97 Å². The first kappa shape index (κ1) is 19.1. The van der Waals surface area contributed by atoms with E-state index >= 15 is 0 Å². The van der Waals surface area contributed by atoms with Crippen molar-refractivity contribution in [2.75, 3.05) is 5.43 Å². The van der Waals surface area contributed by atoms with E-state index in [1.54, 1.807) is 41.8 Å². The Morgan fingerprint density at radius 1 is 1.17 bits per heavy atom. The minimum Gasteiger partial charge on any atom is -0.277 e. The van der Waals surface area contributed by atoms with Crippen molar-refractivity contribution >= 4 is 45.7 Å². The third kappa shape index (κ3) is 3.85. The first-order valence-corrected chi connectivity index (χ1v) is 10.1. The molecule has 2 aromatic heterocycles. The van der Waals surface area contributed by atoms with Crippen LogP contribution in [0, 0.1) is 0 Å². The van der Waals surface area contributed by atoms with Gasteiger partial charge in [-0.15, -0.1) is 11.3 Å². The monoisotopic (exact) mass is 425 g/mol. The van der Waals surface area contributed by atoms with E-state index in [9.17, 15) is 9.59 Å². The van der Waals surface area contributed by atoms with Crippen LogP contribution >= 0.6 is 22.9 Å². The fourth-order valence-corrected chi connectivity index (χ4v) is 3.85. The predicted molar refractivity (Wildman–Crippen MR) is 115 cm³/mol. The van der Waals surface area contributed by atoms with E-state index in [4.69, 9.17) is 11.6 Å². The average Bonchev–Trinajstić information content (AvgIpc) is 3.23. The summed E-state index contributed by atoms with van der Waals surface area (Å²) in [5.41, 5.74) is 6.78. The van der Waals surface area contributed by atoms with Gasteiger partial charge in [0.05, 0.1) is 10.9 Å². The zero-order valence-electron chi connectivity index (χ0n) is 15.3. The molecule has 0 radical (unpaired) electrons. The van der Waals surface area contributed by atoms with Gasteiger partial charge in [0.2, 0.25) is 5.95 Å². The van der Waals surface area contributed by atoms with Crippen LogP contribution in [0.2, 0.25) is 5.02 Å². The van der Waals surface area contributed by atoms with Crippen molar-refractivity contribution in [1.82, 2.24) is 20.0 Å². The maximum Gasteiger partial charge on any atom is 0.289 e. The lowest BCUT2D eigenvalue weighted by Crippen LogP contribution is -2.34. The molecule has 29 heavy (non-hydrogen) atoms. The Hall–Kier alpha value is -3.23. The van der Waals surface area contributed by atoms with Crippen molar-refractivity contribution in [2.24, 2.45) is 0 Å². The highest BCUT2D eigenvalue weighted by Crippen LogP contribution is 2.26. The summed E-state index contributed by atoms with van der Waals surface area (Å²) < 4.78 is 1.46. The third-order valence-corrected chi connectivity index (χ3v) is 5.40. The van der Waals surface area contributed by atoms with Gasteiger partial charge in [0.15, 0.2) is 0 Å². The molecule has 0 aliphatic carbocycles. The molecule has 0 aliphatic heterocycles. The zero-order valence-corrected chi connectivity index (χ0v) is 16.9. The number of hydrogen-bond acceptors (Lipinski definition) is 6. The number of halogens is 1. The minimum atomic E-state index is -0.431. The maximum atomic E-state index is 12.6. The number of carbonyl (C=O) groups is 1. The predicted octanol–water partition coefficient (Wildman–Crippen LogP) is 3.95. The van der Waals surface area contributed by atoms with Gasteiger partial charge in [-0.05, 0) is 31.2 Å². The van der Waals surface area contributed by atoms with Crippen molar-refractivity contribution in [3.05, 3.63) is 75.0 Å². The zero-order chi connectivity index (χ0) is 20.4. The molecule has 2 N–H and O–H groups in total. The number of hydrogen-bond donors (Lipinski definition) is 2. The van der Waals surface area contributed by atoms with Crippen molar-refractivity contribution in [2.45, 2.75) is 13.5 Å². The highest BCUT2D eigenvalue weighted by molar-refractivity contribution is 7.13. The molecule has 0 fully saturated rings. The summed E-state index contributed by atoms with van der Waals surface area (Å²) >= 11 is 7.36. The van der Waals surface area contributed by atoms with Gasteiger partial charge in [0.1, 0.15) is 10.7 Å². The largest absolute Gasteiger partial charge is 0.289 e. The van der Waals surface area contributed by atoms with Crippen LogP contribution in [-0.4, -0.2) is 20.4 Å². The van der Waals surface area contributed by atoms with Gasteiger partial charge in [-0.2, -0.15) is 0 Å². The lowest BCUT2D eigenvalue weighted by molar-refractivity contribution is 0.0958. The molecule has 0 atom stereocenters. The molecule has 2 heterocycles. The molecule has 0 aliphatic rings. The van der Waals surface area contributed by atoms with Crippen molar-refractivity contribution < 1.29 is 4.79 Å². The number of nitrogens with one attached hydrogen (secondary N) is 2. The second-order valence-electron chi connectivity index (χ2n) is 6.13. The second-order valence-corrected chi connectivity index (χ2v) is 7.42. The number of benzene rings is 2. The topological polar surface area (TPSA) is 88.9 Å². The molecule has 0 saturated carbocycles. The molecule has 9 heteroatoms. The molecule has 1 amide bonds. The van der Waals surface area contributed by atoms with E-state index in [-0.39, 0.29) is 17.2 Å². The SMILES string of the molecule is CCn1c(NNC(=O)c2csc(-c3cccc(Cl)c3)n2)nc2ccccc2c1=O. The Kier molecular flexibility index (Phi) is 5.28. The quantitative estimate of drug-likeness (QED) is 0.472. The maximum absolute atomic E-state index is 12.6. The van der Waals surface area contributed by atoms with Crippen LogP contribution < -0.4 is 16.4 Å². The molecule has 0 saturated heterocycles. The van der Waals surface area contributed by atoms with E-state index in [0.29, 0.717) is 27.5 Å². The van der Waals surface area contributed by atoms with Gasteiger partial charge >= 0.3 is 0 Å². The van der Waals surface area contributed by atoms with Crippen LogP contribution in [0.5, 0.6) is 0 Å². The van der Waals surface area contributed by atoms with Gasteiger partial charge in [0, 0.05) is 22.5 Å². The van der Waals surface area contributed by atoms with Gasteiger partial charge < -0.3 is 0 Å². The fourth-order valence-electron chi connectivity index (χ4n) is 2.87. The summed E-state index contributed by atoms with van der Waals surface area (Å²) in [6.07, 6.45) is 0. The number of rotatable bonds is 5. The number of nitrogens with zero attached hydrogens (tertiary/aromatic N) is 3. The van der Waals surface area contributed by atoms with E-state index in [2.05, 4.69) is 20.8 Å². The average molecular weight is 426 g/mol. The summed E-state index contributed by atoms with van der Waals surface area (Å²) in [4.78, 5) is 33.9. The lowest BCUT2D eigenvalue weighted by atomic mass is 10.2. The number of para-hydroxylation sites is 1. The van der Waals surface area contributed by atoms with Crippen molar-refractivity contribution in [1.29, 1.82) is 0 Å². The fraction of sp³-hybridized carbons (Fsp3) is 0.100. The number of thiazole rings is 1. The number of fused-ring (bicyclic) bond motifs is 1. The summed E-state index contributed by atoms with van der Waals surface area (Å²) in [6, 6.07) is 14.4. The third-order valence-electron chi connectivity index (χ3n) is 4.27. The van der Waals surface area contributed by atoms with E-state index < -0.39 is 5.91 Å². The Labute approximate surface area is 175 Å². The number of amides is 1. The smallest absolute Gasteiger partial charge is 0.277 e. The molecule has 2 aromatic carbocycles.